The van der Waals surface area contributed by atoms with Gasteiger partial charge in [-0.3, -0.25) is 10.2 Å². The van der Waals surface area contributed by atoms with Crippen LogP contribution < -0.4 is 15.6 Å². The van der Waals surface area contributed by atoms with Gasteiger partial charge in [-0.1, -0.05) is 12.1 Å². The molecule has 0 aliphatic carbocycles. The molecule has 4 nitrogen and oxygen atoms in total. The highest BCUT2D eigenvalue weighted by atomic mass is 16.5. The minimum Gasteiger partial charge on any atom is -0.491 e. The molecule has 0 radical (unpaired) electrons. The van der Waals surface area contributed by atoms with E-state index in [-0.39, 0.29) is 17.6 Å². The second-order valence-electron chi connectivity index (χ2n) is 5.50. The van der Waals surface area contributed by atoms with Gasteiger partial charge >= 0.3 is 0 Å². The Morgan fingerprint density at radius 1 is 1.32 bits per heavy atom. The largest absolute Gasteiger partial charge is 0.491 e. The Kier molecular flexibility index (Phi) is 3.62. The Balaban J connectivity index is 2.30. The van der Waals surface area contributed by atoms with Crippen LogP contribution >= 0.6 is 0 Å². The molecule has 2 rings (SSSR count). The van der Waals surface area contributed by atoms with Crippen LogP contribution in [-0.4, -0.2) is 17.6 Å². The number of nitrogens with one attached hydrogen (secondary N) is 2. The van der Waals surface area contributed by atoms with Gasteiger partial charge in [0.2, 0.25) is 0 Å². The van der Waals surface area contributed by atoms with E-state index in [0.717, 1.165) is 11.3 Å². The second-order valence-corrected chi connectivity index (χ2v) is 5.50. The van der Waals surface area contributed by atoms with Crippen molar-refractivity contribution in [3.05, 3.63) is 35.4 Å². The Labute approximate surface area is 113 Å². The minimum atomic E-state index is -0.369. The summed E-state index contributed by atoms with van der Waals surface area (Å²) in [5, 5.41) is 0. The maximum atomic E-state index is 11.8. The highest BCUT2D eigenvalue weighted by Gasteiger charge is 2.34. The van der Waals surface area contributed by atoms with E-state index in [1.54, 1.807) is 0 Å². The van der Waals surface area contributed by atoms with Gasteiger partial charge in [0.1, 0.15) is 5.75 Å². The zero-order valence-electron chi connectivity index (χ0n) is 11.8. The molecule has 1 aliphatic heterocycles. The van der Waals surface area contributed by atoms with Gasteiger partial charge in [-0.05, 0) is 51.5 Å². The summed E-state index contributed by atoms with van der Waals surface area (Å²) in [5.41, 5.74) is 6.91. The minimum absolute atomic E-state index is 0.0832. The number of amides is 1. The topological polar surface area (TPSA) is 50.4 Å². The Morgan fingerprint density at radius 2 is 2.05 bits per heavy atom. The average molecular weight is 260 g/mol. The van der Waals surface area contributed by atoms with E-state index < -0.39 is 0 Å². The third-order valence-corrected chi connectivity index (χ3v) is 2.95. The normalized spacial score (nSPS) is 19.8. The third-order valence-electron chi connectivity index (χ3n) is 2.95. The van der Waals surface area contributed by atoms with Gasteiger partial charge < -0.3 is 4.74 Å². The monoisotopic (exact) mass is 260 g/mol. The highest BCUT2D eigenvalue weighted by molar-refractivity contribution is 6.01. The van der Waals surface area contributed by atoms with Crippen LogP contribution in [-0.2, 0) is 4.79 Å². The molecule has 0 unspecified atom stereocenters. The molecule has 1 aromatic rings. The van der Waals surface area contributed by atoms with Crippen LogP contribution in [0, 0.1) is 0 Å². The van der Waals surface area contributed by atoms with E-state index >= 15 is 0 Å². The SMILES string of the molecule is CC(C)Oc1cccc(/C=C2\C(=O)NNC2(C)C)c1. The van der Waals surface area contributed by atoms with Crippen molar-refractivity contribution in [2.75, 3.05) is 0 Å². The van der Waals surface area contributed by atoms with E-state index in [1.807, 2.05) is 58.0 Å². The molecule has 2 N–H and O–H groups in total. The molecule has 0 atom stereocenters. The van der Waals surface area contributed by atoms with Gasteiger partial charge in [-0.15, -0.1) is 0 Å². The summed E-state index contributed by atoms with van der Waals surface area (Å²) in [4.78, 5) is 11.8. The first-order valence-electron chi connectivity index (χ1n) is 6.45. The molecule has 102 valence electrons. The lowest BCUT2D eigenvalue weighted by Gasteiger charge is -2.17. The number of hydrazine groups is 1. The number of ether oxygens (including phenoxy) is 1. The van der Waals surface area contributed by atoms with Crippen molar-refractivity contribution in [3.8, 4) is 5.75 Å². The third kappa shape index (κ3) is 3.15. The van der Waals surface area contributed by atoms with E-state index in [4.69, 9.17) is 4.74 Å². The van der Waals surface area contributed by atoms with Gasteiger partial charge in [-0.25, -0.2) is 5.43 Å². The second kappa shape index (κ2) is 5.05. The van der Waals surface area contributed by atoms with Gasteiger partial charge in [0.05, 0.1) is 11.6 Å². The van der Waals surface area contributed by atoms with Crippen molar-refractivity contribution in [1.82, 2.24) is 10.9 Å². The van der Waals surface area contributed by atoms with E-state index in [0.29, 0.717) is 5.57 Å². The van der Waals surface area contributed by atoms with Gasteiger partial charge in [0.15, 0.2) is 0 Å². The Hall–Kier alpha value is -1.81. The van der Waals surface area contributed by atoms with E-state index in [2.05, 4.69) is 10.9 Å². The van der Waals surface area contributed by atoms with Crippen LogP contribution in [0.15, 0.2) is 29.8 Å². The van der Waals surface area contributed by atoms with E-state index in [9.17, 15) is 4.79 Å². The zero-order chi connectivity index (χ0) is 14.0. The standard InChI is InChI=1S/C15H20N2O2/c1-10(2)19-12-7-5-6-11(8-12)9-13-14(18)16-17-15(13,3)4/h5-10,17H,1-4H3,(H,16,18)/b13-9+. The molecule has 1 aromatic carbocycles. The van der Waals surface area contributed by atoms with Crippen LogP contribution in [0.4, 0.5) is 0 Å². The fourth-order valence-electron chi connectivity index (χ4n) is 1.99. The van der Waals surface area contributed by atoms with Gasteiger partial charge in [-0.2, -0.15) is 0 Å². The first kappa shape index (κ1) is 13.6. The predicted octanol–water partition coefficient (Wildman–Crippen LogP) is 2.27. The lowest BCUT2D eigenvalue weighted by atomic mass is 9.94. The smallest absolute Gasteiger partial charge is 0.263 e. The summed E-state index contributed by atoms with van der Waals surface area (Å²) in [6, 6.07) is 7.74. The van der Waals surface area contributed by atoms with Crippen LogP contribution in [0.5, 0.6) is 5.75 Å². The van der Waals surface area contributed by atoms with Crippen molar-refractivity contribution >= 4 is 12.0 Å². The van der Waals surface area contributed by atoms with E-state index in [1.165, 1.54) is 0 Å². The molecular formula is C15H20N2O2. The number of hydrogen-bond donors (Lipinski definition) is 2. The van der Waals surface area contributed by atoms with Crippen molar-refractivity contribution in [2.45, 2.75) is 39.3 Å². The molecule has 0 spiro atoms. The van der Waals surface area contributed by atoms with Crippen LogP contribution in [0.3, 0.4) is 0 Å². The summed E-state index contributed by atoms with van der Waals surface area (Å²) < 4.78 is 5.65. The number of hydrogen-bond acceptors (Lipinski definition) is 3. The molecule has 1 fully saturated rings. The maximum absolute atomic E-state index is 11.8. The number of benzene rings is 1. The lowest BCUT2D eigenvalue weighted by molar-refractivity contribution is -0.116. The van der Waals surface area contributed by atoms with Crippen molar-refractivity contribution < 1.29 is 9.53 Å². The quantitative estimate of drug-likeness (QED) is 0.820. The summed E-state index contributed by atoms with van der Waals surface area (Å²) in [7, 11) is 0. The van der Waals surface area contributed by atoms with Crippen molar-refractivity contribution in [3.63, 3.8) is 0 Å². The van der Waals surface area contributed by atoms with Gasteiger partial charge in [0, 0.05) is 5.57 Å². The summed E-state index contributed by atoms with van der Waals surface area (Å²) in [6.45, 7) is 7.90. The number of carbonyl (C=O) groups excluding carboxylic acids is 1. The molecule has 0 bridgehead atoms. The molecule has 0 saturated carbocycles. The molecule has 4 heteroatoms. The molecule has 0 aromatic heterocycles. The predicted molar refractivity (Wildman–Crippen MR) is 75.5 cm³/mol. The zero-order valence-corrected chi connectivity index (χ0v) is 11.8. The Bertz CT molecular complexity index is 519. The molecule has 19 heavy (non-hydrogen) atoms. The molecule has 1 aliphatic rings. The number of rotatable bonds is 3. The van der Waals surface area contributed by atoms with Crippen molar-refractivity contribution in [2.24, 2.45) is 0 Å². The fraction of sp³-hybridized carbons (Fsp3) is 0.400. The lowest BCUT2D eigenvalue weighted by Crippen LogP contribution is -2.38. The van der Waals surface area contributed by atoms with Crippen LogP contribution in [0.25, 0.3) is 6.08 Å². The summed E-state index contributed by atoms with van der Waals surface area (Å²) in [6.07, 6.45) is 2.03. The Morgan fingerprint density at radius 3 is 2.63 bits per heavy atom. The van der Waals surface area contributed by atoms with Crippen LogP contribution in [0.2, 0.25) is 0 Å². The molecule has 1 heterocycles. The summed E-state index contributed by atoms with van der Waals surface area (Å²) >= 11 is 0. The first-order valence-corrected chi connectivity index (χ1v) is 6.45. The molecule has 1 amide bonds. The van der Waals surface area contributed by atoms with Crippen LogP contribution in [0.1, 0.15) is 33.3 Å². The average Bonchev–Trinajstić information content (AvgIpc) is 2.56. The molecule has 1 saturated heterocycles. The van der Waals surface area contributed by atoms with Gasteiger partial charge in [0.25, 0.3) is 5.91 Å². The highest BCUT2D eigenvalue weighted by Crippen LogP contribution is 2.24. The maximum Gasteiger partial charge on any atom is 0.263 e. The summed E-state index contributed by atoms with van der Waals surface area (Å²) in [5.74, 6) is 0.730. The van der Waals surface area contributed by atoms with Crippen molar-refractivity contribution in [1.29, 1.82) is 0 Å². The first-order chi connectivity index (χ1) is 8.88. The number of carbonyl (C=O) groups is 1. The molecular weight excluding hydrogens is 240 g/mol. The fourth-order valence-corrected chi connectivity index (χ4v) is 1.99.